The van der Waals surface area contributed by atoms with Crippen LogP contribution in [-0.2, 0) is 14.6 Å². The molecule has 4 nitrogen and oxygen atoms in total. The second-order valence-electron chi connectivity index (χ2n) is 12.0. The highest BCUT2D eigenvalue weighted by molar-refractivity contribution is 7.90. The zero-order chi connectivity index (χ0) is 23.1. The van der Waals surface area contributed by atoms with E-state index in [2.05, 4.69) is 37.8 Å². The van der Waals surface area contributed by atoms with E-state index in [-0.39, 0.29) is 10.8 Å². The molecule has 4 aliphatic rings. The summed E-state index contributed by atoms with van der Waals surface area (Å²) in [6.45, 7) is 7.46. The molecule has 1 aliphatic heterocycles. The first-order valence-corrected chi connectivity index (χ1v) is 14.4. The lowest BCUT2D eigenvalue weighted by Crippen LogP contribution is -2.63. The maximum absolute atomic E-state index is 12.5. The van der Waals surface area contributed by atoms with Crippen LogP contribution in [0.3, 0.4) is 0 Å². The van der Waals surface area contributed by atoms with Crippen molar-refractivity contribution in [1.82, 2.24) is 4.90 Å². The molecule has 0 bridgehead atoms. The molecule has 1 heterocycles. The Morgan fingerprint density at radius 2 is 1.62 bits per heavy atom. The smallest absolute Gasteiger partial charge is 0.222 e. The molecule has 4 fully saturated rings. The van der Waals surface area contributed by atoms with Gasteiger partial charge >= 0.3 is 0 Å². The Morgan fingerprint density at radius 3 is 2.28 bits per heavy atom. The van der Waals surface area contributed by atoms with E-state index < -0.39 is 9.84 Å². The molecular weight excluding hydrogens is 418 g/mol. The number of likely N-dealkylation sites (tertiary alicyclic amines) is 1. The van der Waals surface area contributed by atoms with Crippen molar-refractivity contribution in [3.8, 4) is 0 Å². The number of piperidine rings is 1. The minimum Gasteiger partial charge on any atom is -0.342 e. The highest BCUT2D eigenvalue weighted by Gasteiger charge is 2.62. The SMILES string of the molecule is CC1CC2N(C)C(=O)CC[C@]2(C)[C@@H]2CC[C@]3(C)C(c4ccc(S(C)(=O)=O)cc4)CC[C@H]3[C@H]12. The Kier molecular flexibility index (Phi) is 5.13. The Hall–Kier alpha value is -1.36. The second kappa shape index (κ2) is 7.32. The largest absolute Gasteiger partial charge is 0.342 e. The molecule has 0 radical (unpaired) electrons. The minimum absolute atomic E-state index is 0.246. The molecule has 3 saturated carbocycles. The molecule has 0 N–H and O–H groups in total. The van der Waals surface area contributed by atoms with Crippen molar-refractivity contribution in [2.75, 3.05) is 13.3 Å². The first-order valence-electron chi connectivity index (χ1n) is 12.5. The monoisotopic (exact) mass is 457 g/mol. The van der Waals surface area contributed by atoms with Gasteiger partial charge in [0.2, 0.25) is 5.91 Å². The van der Waals surface area contributed by atoms with E-state index in [1.165, 1.54) is 37.5 Å². The van der Waals surface area contributed by atoms with Crippen molar-refractivity contribution in [2.45, 2.75) is 82.6 Å². The first kappa shape index (κ1) is 22.4. The predicted molar refractivity (Wildman–Crippen MR) is 127 cm³/mol. The Bertz CT molecular complexity index is 1020. The lowest BCUT2D eigenvalue weighted by atomic mass is 9.44. The number of hydrogen-bond acceptors (Lipinski definition) is 3. The molecule has 1 aromatic rings. The fourth-order valence-corrected chi connectivity index (χ4v) is 9.59. The number of carbonyl (C=O) groups is 1. The van der Waals surface area contributed by atoms with Crippen LogP contribution in [0.1, 0.15) is 77.2 Å². The molecular formula is C27H39NO3S. The molecule has 1 saturated heterocycles. The number of benzene rings is 1. The molecule has 5 rings (SSSR count). The molecule has 1 amide bonds. The van der Waals surface area contributed by atoms with Gasteiger partial charge in [-0.1, -0.05) is 32.9 Å². The quantitative estimate of drug-likeness (QED) is 0.607. The van der Waals surface area contributed by atoms with Crippen LogP contribution in [0.15, 0.2) is 29.2 Å². The van der Waals surface area contributed by atoms with Crippen molar-refractivity contribution in [3.05, 3.63) is 29.8 Å². The molecule has 0 aromatic heterocycles. The van der Waals surface area contributed by atoms with E-state index >= 15 is 0 Å². The zero-order valence-electron chi connectivity index (χ0n) is 20.3. The van der Waals surface area contributed by atoms with Crippen LogP contribution in [0, 0.1) is 34.5 Å². The molecule has 3 aliphatic carbocycles. The van der Waals surface area contributed by atoms with Crippen LogP contribution >= 0.6 is 0 Å². The third kappa shape index (κ3) is 3.13. The summed E-state index contributed by atoms with van der Waals surface area (Å²) in [5.41, 5.74) is 1.84. The third-order valence-electron chi connectivity index (χ3n) is 10.6. The van der Waals surface area contributed by atoms with Gasteiger partial charge in [-0.3, -0.25) is 4.79 Å². The zero-order valence-corrected chi connectivity index (χ0v) is 21.1. The van der Waals surface area contributed by atoms with Crippen LogP contribution in [0.2, 0.25) is 0 Å². The van der Waals surface area contributed by atoms with Crippen molar-refractivity contribution in [1.29, 1.82) is 0 Å². The fraction of sp³-hybridized carbons (Fsp3) is 0.741. The van der Waals surface area contributed by atoms with Gasteiger partial charge in [-0.2, -0.15) is 0 Å². The highest BCUT2D eigenvalue weighted by atomic mass is 32.2. The number of rotatable bonds is 2. The van der Waals surface area contributed by atoms with Gasteiger partial charge in [0.05, 0.1) is 4.90 Å². The number of hydrogen-bond donors (Lipinski definition) is 0. The van der Waals surface area contributed by atoms with Gasteiger partial charge < -0.3 is 4.90 Å². The standard InChI is InChI=1S/C27H39NO3S/c1-17-16-23-27(3,15-13-24(29)28(23)4)22-12-14-26(2)20(10-11-21(26)25(17)22)18-6-8-19(9-7-18)32(5,30)31/h6-9,17,20-23,25H,10-16H2,1-5H3/t17?,20?,21-,22+,23?,25-,26+,27+/m0/s1. The van der Waals surface area contributed by atoms with Gasteiger partial charge in [-0.05, 0) is 96.6 Å². The number of sulfone groups is 1. The average molecular weight is 458 g/mol. The van der Waals surface area contributed by atoms with E-state index in [0.29, 0.717) is 41.0 Å². The summed E-state index contributed by atoms with van der Waals surface area (Å²) in [5.74, 6) is 3.64. The average Bonchev–Trinajstić information content (AvgIpc) is 3.09. The summed E-state index contributed by atoms with van der Waals surface area (Å²) in [5, 5.41) is 0. The molecule has 5 heteroatoms. The van der Waals surface area contributed by atoms with Gasteiger partial charge in [0.1, 0.15) is 0 Å². The first-order chi connectivity index (χ1) is 15.0. The van der Waals surface area contributed by atoms with Gasteiger partial charge in [0.25, 0.3) is 0 Å². The number of nitrogens with zero attached hydrogens (tertiary/aromatic N) is 1. The van der Waals surface area contributed by atoms with E-state index in [4.69, 9.17) is 0 Å². The lowest BCUT2D eigenvalue weighted by Gasteiger charge is -2.63. The van der Waals surface area contributed by atoms with E-state index in [1.54, 1.807) is 12.1 Å². The van der Waals surface area contributed by atoms with Crippen LogP contribution in [-0.4, -0.2) is 38.6 Å². The maximum Gasteiger partial charge on any atom is 0.222 e. The summed E-state index contributed by atoms with van der Waals surface area (Å²) in [6.07, 6.45) is 9.15. The van der Waals surface area contributed by atoms with Crippen molar-refractivity contribution < 1.29 is 13.2 Å². The summed E-state index contributed by atoms with van der Waals surface area (Å²) >= 11 is 0. The predicted octanol–water partition coefficient (Wildman–Crippen LogP) is 5.28. The van der Waals surface area contributed by atoms with Gasteiger partial charge in [-0.15, -0.1) is 0 Å². The van der Waals surface area contributed by atoms with E-state index in [9.17, 15) is 13.2 Å². The molecule has 0 spiro atoms. The Labute approximate surface area is 194 Å². The topological polar surface area (TPSA) is 54.5 Å². The molecule has 1 aromatic carbocycles. The summed E-state index contributed by atoms with van der Waals surface area (Å²) in [7, 11) is -1.12. The maximum atomic E-state index is 12.5. The van der Waals surface area contributed by atoms with Crippen molar-refractivity contribution >= 4 is 15.7 Å². The normalized spacial score (nSPS) is 44.0. The molecule has 176 valence electrons. The van der Waals surface area contributed by atoms with Gasteiger partial charge in [-0.25, -0.2) is 8.42 Å². The molecule has 32 heavy (non-hydrogen) atoms. The van der Waals surface area contributed by atoms with Crippen molar-refractivity contribution in [3.63, 3.8) is 0 Å². The van der Waals surface area contributed by atoms with Crippen LogP contribution in [0.25, 0.3) is 0 Å². The van der Waals surface area contributed by atoms with E-state index in [0.717, 1.165) is 24.7 Å². The highest BCUT2D eigenvalue weighted by Crippen LogP contribution is 2.68. The fourth-order valence-electron chi connectivity index (χ4n) is 8.96. The van der Waals surface area contributed by atoms with Crippen molar-refractivity contribution in [2.24, 2.45) is 34.5 Å². The second-order valence-corrected chi connectivity index (χ2v) is 14.1. The van der Waals surface area contributed by atoms with E-state index in [1.807, 2.05) is 7.05 Å². The third-order valence-corrected chi connectivity index (χ3v) is 11.8. The lowest BCUT2D eigenvalue weighted by molar-refractivity contribution is -0.165. The Morgan fingerprint density at radius 1 is 0.969 bits per heavy atom. The van der Waals surface area contributed by atoms with Gasteiger partial charge in [0.15, 0.2) is 9.84 Å². The summed E-state index contributed by atoms with van der Waals surface area (Å²) < 4.78 is 23.8. The molecule has 3 unspecified atom stereocenters. The van der Waals surface area contributed by atoms with Gasteiger partial charge in [0, 0.05) is 25.8 Å². The number of carbonyl (C=O) groups excluding carboxylic acids is 1. The number of amides is 1. The summed E-state index contributed by atoms with van der Waals surface area (Å²) in [6, 6.07) is 8.15. The van der Waals surface area contributed by atoms with Crippen LogP contribution in [0.4, 0.5) is 0 Å². The number of fused-ring (bicyclic) bond motifs is 5. The van der Waals surface area contributed by atoms with Crippen LogP contribution in [0.5, 0.6) is 0 Å². The van der Waals surface area contributed by atoms with Crippen LogP contribution < -0.4 is 0 Å². The Balaban J connectivity index is 1.45. The summed E-state index contributed by atoms with van der Waals surface area (Å²) in [4.78, 5) is 15.0. The minimum atomic E-state index is -3.16. The molecule has 8 atom stereocenters.